The Hall–Kier alpha value is -4.57. The van der Waals surface area contributed by atoms with E-state index < -0.39 is 120 Å². The molecule has 2 aromatic carbocycles. The van der Waals surface area contributed by atoms with Gasteiger partial charge < -0.3 is 66.0 Å². The Kier molecular flexibility index (Phi) is 13.8. The number of fused-ring (bicyclic) bond motifs is 3. The maximum absolute atomic E-state index is 14.0. The molecule has 0 aromatic heterocycles. The zero-order valence-corrected chi connectivity index (χ0v) is 31.3. The number of amides is 2. The molecule has 2 unspecified atom stereocenters. The number of hydrogen-bond acceptors (Lipinski definition) is 17. The van der Waals surface area contributed by atoms with Crippen molar-refractivity contribution in [1.82, 2.24) is 10.7 Å². The number of hydrogen-bond donors (Lipinski definition) is 9. The smallest absolute Gasteiger partial charge is 0.242 e. The summed E-state index contributed by atoms with van der Waals surface area (Å²) in [6, 6.07) is 2.26. The van der Waals surface area contributed by atoms with E-state index in [0.717, 1.165) is 0 Å². The van der Waals surface area contributed by atoms with Gasteiger partial charge in [-0.2, -0.15) is 5.10 Å². The van der Waals surface area contributed by atoms with E-state index >= 15 is 0 Å². The SMILES string of the molecule is COCCOCCCNC(=O)C(N)CC(=O)NN=C(CO)[C@]1(O)Cc2c(O)c3c(c(O)c2[C@@H](O[C@H]2C[C@H](N)[C@@H](O)C(C)O2)C1)C(=O)c1c(OC)cccc1C3=O. The zero-order valence-electron chi connectivity index (χ0n) is 31.3. The molecule has 2 amide bonds. The number of nitrogens with one attached hydrogen (secondary N) is 2. The van der Waals surface area contributed by atoms with Gasteiger partial charge in [0.05, 0.1) is 80.1 Å². The van der Waals surface area contributed by atoms with Crippen LogP contribution >= 0.6 is 0 Å². The van der Waals surface area contributed by atoms with E-state index in [9.17, 15) is 44.7 Å². The summed E-state index contributed by atoms with van der Waals surface area (Å²) in [5.74, 6) is -4.44. The lowest BCUT2D eigenvalue weighted by atomic mass is 9.71. The maximum Gasteiger partial charge on any atom is 0.242 e. The van der Waals surface area contributed by atoms with Crippen molar-refractivity contribution in [3.63, 3.8) is 0 Å². The average Bonchev–Trinajstić information content (AvgIpc) is 3.16. The van der Waals surface area contributed by atoms with Crippen LogP contribution in [0.2, 0.25) is 0 Å². The minimum Gasteiger partial charge on any atom is -0.507 e. The van der Waals surface area contributed by atoms with Crippen molar-refractivity contribution >= 4 is 29.1 Å². The highest BCUT2D eigenvalue weighted by Gasteiger charge is 2.49. The van der Waals surface area contributed by atoms with Gasteiger partial charge in [0, 0.05) is 62.3 Å². The van der Waals surface area contributed by atoms with Gasteiger partial charge in [0.15, 0.2) is 12.1 Å². The highest BCUT2D eigenvalue weighted by atomic mass is 16.7. The first-order chi connectivity index (χ1) is 26.7. The van der Waals surface area contributed by atoms with Crippen molar-refractivity contribution in [2.75, 3.05) is 47.2 Å². The van der Waals surface area contributed by atoms with Crippen LogP contribution in [0.3, 0.4) is 0 Å². The number of ketones is 2. The summed E-state index contributed by atoms with van der Waals surface area (Å²) < 4.78 is 27.6. The Morgan fingerprint density at radius 3 is 2.50 bits per heavy atom. The number of hydrazone groups is 1. The molecule has 19 heteroatoms. The molecule has 1 heterocycles. The van der Waals surface area contributed by atoms with E-state index in [-0.39, 0.29) is 41.0 Å². The molecule has 7 atom stereocenters. The van der Waals surface area contributed by atoms with Gasteiger partial charge in [0.2, 0.25) is 17.6 Å². The predicted octanol–water partition coefficient (Wildman–Crippen LogP) is -1.21. The number of carbonyl (C=O) groups excluding carboxylic acids is 4. The minimum absolute atomic E-state index is 0.0392. The lowest BCUT2D eigenvalue weighted by molar-refractivity contribution is -0.245. The maximum atomic E-state index is 14.0. The van der Waals surface area contributed by atoms with Crippen LogP contribution in [0.25, 0.3) is 0 Å². The molecule has 0 bridgehead atoms. The molecule has 0 radical (unpaired) electrons. The van der Waals surface area contributed by atoms with Crippen molar-refractivity contribution in [3.8, 4) is 17.2 Å². The highest BCUT2D eigenvalue weighted by Crippen LogP contribution is 2.52. The third-order valence-electron chi connectivity index (χ3n) is 10.1. The standard InChI is InChI=1S/C37H49N5O14/c1-17-31(45)20(38)13-26(55-17)56-23-15-37(51,24(16-43)41-42-25(44)12-21(39)36(50)40-8-5-9-54-11-10-52-2)14-19-28(23)35(49)30-29(33(19)47)32(46)18-6-4-7-22(53-3)27(18)34(30)48/h4,6-7,17,20-21,23,26,31,43,45,47,49,51H,5,8-16,38-39H2,1-3H3,(H,40,50)(H,42,44)/t17?,20-,21?,23-,26-,31-,37-/m0/s1. The van der Waals surface area contributed by atoms with E-state index in [4.69, 9.17) is 35.2 Å². The second-order valence-electron chi connectivity index (χ2n) is 13.9. The van der Waals surface area contributed by atoms with Gasteiger partial charge in [0.1, 0.15) is 22.8 Å². The Morgan fingerprint density at radius 2 is 1.82 bits per heavy atom. The fourth-order valence-electron chi connectivity index (χ4n) is 7.13. The fourth-order valence-corrected chi connectivity index (χ4v) is 7.13. The van der Waals surface area contributed by atoms with Crippen molar-refractivity contribution < 1.29 is 68.4 Å². The summed E-state index contributed by atoms with van der Waals surface area (Å²) in [6.45, 7) is 2.09. The summed E-state index contributed by atoms with van der Waals surface area (Å²) in [4.78, 5) is 53.1. The van der Waals surface area contributed by atoms with Crippen LogP contribution in [0.1, 0.15) is 81.7 Å². The first-order valence-corrected chi connectivity index (χ1v) is 18.1. The Bertz CT molecular complexity index is 1840. The first kappa shape index (κ1) is 42.6. The Morgan fingerprint density at radius 1 is 1.09 bits per heavy atom. The molecule has 1 aliphatic heterocycles. The van der Waals surface area contributed by atoms with Gasteiger partial charge in [-0.1, -0.05) is 12.1 Å². The predicted molar refractivity (Wildman–Crippen MR) is 195 cm³/mol. The number of ether oxygens (including phenoxy) is 5. The summed E-state index contributed by atoms with van der Waals surface area (Å²) in [6.07, 6.45) is -5.52. The molecule has 1 saturated heterocycles. The van der Waals surface area contributed by atoms with Crippen LogP contribution in [-0.4, -0.2) is 138 Å². The summed E-state index contributed by atoms with van der Waals surface area (Å²) in [7, 11) is 2.86. The molecular formula is C37H49N5O14. The van der Waals surface area contributed by atoms with Crippen molar-refractivity contribution in [2.24, 2.45) is 16.6 Å². The quantitative estimate of drug-likeness (QED) is 0.0356. The molecule has 0 saturated carbocycles. The summed E-state index contributed by atoms with van der Waals surface area (Å²) in [5.41, 5.74) is 9.98. The van der Waals surface area contributed by atoms with E-state index in [1.807, 2.05) is 0 Å². The second kappa shape index (κ2) is 18.1. The number of rotatable bonds is 16. The number of aromatic hydroxyl groups is 2. The van der Waals surface area contributed by atoms with Gasteiger partial charge in [-0.25, -0.2) is 5.43 Å². The Labute approximate surface area is 321 Å². The highest BCUT2D eigenvalue weighted by molar-refractivity contribution is 6.31. The number of nitrogens with zero attached hydrogens (tertiary/aromatic N) is 1. The van der Waals surface area contributed by atoms with Crippen LogP contribution < -0.4 is 26.9 Å². The normalized spacial score (nSPS) is 25.1. The van der Waals surface area contributed by atoms with Crippen LogP contribution in [0.4, 0.5) is 0 Å². The molecule has 1 fully saturated rings. The van der Waals surface area contributed by atoms with Crippen molar-refractivity contribution in [2.45, 2.75) is 81.3 Å². The lowest BCUT2D eigenvalue weighted by Gasteiger charge is -2.43. The third kappa shape index (κ3) is 8.70. The largest absolute Gasteiger partial charge is 0.507 e. The third-order valence-corrected chi connectivity index (χ3v) is 10.1. The number of phenols is 2. The summed E-state index contributed by atoms with van der Waals surface area (Å²) >= 11 is 0. The van der Waals surface area contributed by atoms with Crippen LogP contribution in [-0.2, 0) is 35.0 Å². The van der Waals surface area contributed by atoms with Crippen molar-refractivity contribution in [3.05, 3.63) is 51.6 Å². The van der Waals surface area contributed by atoms with Crippen LogP contribution in [0.5, 0.6) is 17.2 Å². The molecular weight excluding hydrogens is 738 g/mol. The molecule has 2 aliphatic carbocycles. The van der Waals surface area contributed by atoms with Gasteiger partial charge in [0.25, 0.3) is 0 Å². The van der Waals surface area contributed by atoms with E-state index in [1.165, 1.54) is 25.3 Å². The number of nitrogens with two attached hydrogens (primary N) is 2. The lowest BCUT2D eigenvalue weighted by Crippen LogP contribution is -2.53. The number of carbonyl (C=O) groups is 4. The fraction of sp³-hybridized carbons (Fsp3) is 0.541. The van der Waals surface area contributed by atoms with Crippen molar-refractivity contribution in [1.29, 1.82) is 0 Å². The second-order valence-corrected chi connectivity index (χ2v) is 13.9. The van der Waals surface area contributed by atoms with E-state index in [2.05, 4.69) is 15.8 Å². The van der Waals surface area contributed by atoms with Crippen LogP contribution in [0.15, 0.2) is 23.3 Å². The number of aliphatic hydroxyl groups is 3. The van der Waals surface area contributed by atoms with Gasteiger partial charge in [-0.15, -0.1) is 0 Å². The monoisotopic (exact) mass is 787 g/mol. The number of benzene rings is 2. The molecule has 5 rings (SSSR count). The van der Waals surface area contributed by atoms with Gasteiger partial charge in [-0.3, -0.25) is 19.2 Å². The molecule has 306 valence electrons. The Balaban J connectivity index is 1.43. The van der Waals surface area contributed by atoms with Gasteiger partial charge in [-0.05, 0) is 19.4 Å². The average molecular weight is 788 g/mol. The zero-order chi connectivity index (χ0) is 40.9. The number of aliphatic hydroxyl groups excluding tert-OH is 2. The molecule has 19 nitrogen and oxygen atoms in total. The first-order valence-electron chi connectivity index (χ1n) is 18.1. The van der Waals surface area contributed by atoms with E-state index in [0.29, 0.717) is 26.2 Å². The number of methoxy groups -OCH3 is 2. The van der Waals surface area contributed by atoms with Crippen LogP contribution in [0, 0.1) is 0 Å². The molecule has 56 heavy (non-hydrogen) atoms. The van der Waals surface area contributed by atoms with Gasteiger partial charge >= 0.3 is 0 Å². The molecule has 11 N–H and O–H groups in total. The minimum atomic E-state index is -2.23. The topological polar surface area (TPSA) is 304 Å². The molecule has 3 aliphatic rings. The van der Waals surface area contributed by atoms with E-state index in [1.54, 1.807) is 14.0 Å². The molecule has 2 aromatic rings. The number of phenolic OH excluding ortho intramolecular Hbond substituents is 2. The molecule has 0 spiro atoms. The summed E-state index contributed by atoms with van der Waals surface area (Å²) in [5, 5.41) is 63.1.